The molecule has 0 radical (unpaired) electrons. The van der Waals surface area contributed by atoms with E-state index >= 15 is 0 Å². The molecular weight excluding hydrogens is 224 g/mol. The van der Waals surface area contributed by atoms with Crippen LogP contribution < -0.4 is 5.73 Å². The molecule has 1 atom stereocenters. The van der Waals surface area contributed by atoms with Gasteiger partial charge < -0.3 is 10.6 Å². The van der Waals surface area contributed by atoms with Gasteiger partial charge in [-0.15, -0.1) is 0 Å². The molecular formula is C12H15F2N3. The van der Waals surface area contributed by atoms with E-state index in [1.54, 1.807) is 0 Å². The van der Waals surface area contributed by atoms with Gasteiger partial charge in [0.1, 0.15) is 11.6 Å². The average molecular weight is 239 g/mol. The predicted molar refractivity (Wildman–Crippen MR) is 62.6 cm³/mol. The topological polar surface area (TPSA) is 41.6 Å². The molecule has 1 unspecified atom stereocenters. The second kappa shape index (κ2) is 4.69. The van der Waals surface area contributed by atoms with Gasteiger partial charge in [-0.05, 0) is 12.5 Å². The molecule has 0 saturated heterocycles. The van der Waals surface area contributed by atoms with Gasteiger partial charge in [-0.3, -0.25) is 4.99 Å². The zero-order valence-corrected chi connectivity index (χ0v) is 9.66. The third-order valence-electron chi connectivity index (χ3n) is 2.88. The first kappa shape index (κ1) is 11.8. The van der Waals surface area contributed by atoms with Crippen molar-refractivity contribution in [3.8, 4) is 0 Å². The highest BCUT2D eigenvalue weighted by Gasteiger charge is 2.28. The van der Waals surface area contributed by atoms with Gasteiger partial charge in [-0.2, -0.15) is 0 Å². The fraction of sp³-hybridized carbons (Fsp3) is 0.417. The Kier molecular flexibility index (Phi) is 3.26. The monoisotopic (exact) mass is 239 g/mol. The molecule has 2 rings (SSSR count). The standard InChI is InChI=1S/C12H15F2N3/c1-2-5-17-11(7-16-12(17)15)9-4-3-8(13)6-10(9)14/h3-4,6,11H,2,5,7H2,1H3,(H2,15,16). The van der Waals surface area contributed by atoms with E-state index in [4.69, 9.17) is 5.73 Å². The molecule has 0 saturated carbocycles. The SMILES string of the molecule is CCCN1C(N)=NCC1c1ccc(F)cc1F. The predicted octanol–water partition coefficient (Wildman–Crippen LogP) is 2.05. The summed E-state index contributed by atoms with van der Waals surface area (Å²) >= 11 is 0. The third kappa shape index (κ3) is 2.23. The van der Waals surface area contributed by atoms with Crippen molar-refractivity contribution in [1.82, 2.24) is 4.90 Å². The molecule has 0 fully saturated rings. The minimum atomic E-state index is -0.569. The number of benzene rings is 1. The van der Waals surface area contributed by atoms with Gasteiger partial charge in [0.05, 0.1) is 12.6 Å². The van der Waals surface area contributed by atoms with E-state index in [1.807, 2.05) is 11.8 Å². The number of aliphatic imine (C=N–C) groups is 1. The molecule has 1 aromatic carbocycles. The first-order valence-electron chi connectivity index (χ1n) is 5.65. The maximum atomic E-state index is 13.7. The second-order valence-electron chi connectivity index (χ2n) is 4.07. The highest BCUT2D eigenvalue weighted by Crippen LogP contribution is 2.27. The van der Waals surface area contributed by atoms with Gasteiger partial charge in [0.2, 0.25) is 0 Å². The second-order valence-corrected chi connectivity index (χ2v) is 4.07. The van der Waals surface area contributed by atoms with E-state index in [2.05, 4.69) is 4.99 Å². The van der Waals surface area contributed by atoms with Crippen LogP contribution in [-0.4, -0.2) is 23.9 Å². The summed E-state index contributed by atoms with van der Waals surface area (Å²) in [7, 11) is 0. The maximum absolute atomic E-state index is 13.7. The van der Waals surface area contributed by atoms with Crippen LogP contribution in [-0.2, 0) is 0 Å². The summed E-state index contributed by atoms with van der Waals surface area (Å²) in [6, 6.07) is 3.41. The lowest BCUT2D eigenvalue weighted by Crippen LogP contribution is -2.36. The molecule has 1 aliphatic rings. The molecule has 0 aromatic heterocycles. The Balaban J connectivity index is 2.28. The molecule has 0 aliphatic carbocycles. The smallest absolute Gasteiger partial charge is 0.191 e. The van der Waals surface area contributed by atoms with Crippen molar-refractivity contribution in [3.05, 3.63) is 35.4 Å². The number of nitrogens with zero attached hydrogens (tertiary/aromatic N) is 2. The lowest BCUT2D eigenvalue weighted by atomic mass is 10.1. The first-order valence-corrected chi connectivity index (χ1v) is 5.65. The fourth-order valence-electron chi connectivity index (χ4n) is 2.08. The van der Waals surface area contributed by atoms with E-state index in [9.17, 15) is 8.78 Å². The Hall–Kier alpha value is -1.65. The molecule has 3 nitrogen and oxygen atoms in total. The lowest BCUT2D eigenvalue weighted by molar-refractivity contribution is 0.338. The van der Waals surface area contributed by atoms with Crippen molar-refractivity contribution in [3.63, 3.8) is 0 Å². The summed E-state index contributed by atoms with van der Waals surface area (Å²) in [6.07, 6.45) is 0.898. The lowest BCUT2D eigenvalue weighted by Gasteiger charge is -2.26. The average Bonchev–Trinajstić information content (AvgIpc) is 2.62. The van der Waals surface area contributed by atoms with Crippen LogP contribution in [0.1, 0.15) is 24.9 Å². The molecule has 5 heteroatoms. The minimum Gasteiger partial charge on any atom is -0.370 e. The van der Waals surface area contributed by atoms with Crippen LogP contribution in [0.15, 0.2) is 23.2 Å². The Morgan fingerprint density at radius 1 is 1.47 bits per heavy atom. The summed E-state index contributed by atoms with van der Waals surface area (Å²) in [6.45, 7) is 3.16. The highest BCUT2D eigenvalue weighted by atomic mass is 19.1. The van der Waals surface area contributed by atoms with Crippen LogP contribution in [0.2, 0.25) is 0 Å². The number of halogens is 2. The minimum absolute atomic E-state index is 0.212. The van der Waals surface area contributed by atoms with Gasteiger partial charge in [0, 0.05) is 18.2 Å². The van der Waals surface area contributed by atoms with E-state index in [0.29, 0.717) is 18.1 Å². The van der Waals surface area contributed by atoms with Gasteiger partial charge >= 0.3 is 0 Å². The van der Waals surface area contributed by atoms with Crippen LogP contribution in [0.25, 0.3) is 0 Å². The van der Waals surface area contributed by atoms with E-state index in [1.165, 1.54) is 12.1 Å². The van der Waals surface area contributed by atoms with Crippen LogP contribution in [0.4, 0.5) is 8.78 Å². The zero-order valence-electron chi connectivity index (χ0n) is 9.66. The zero-order chi connectivity index (χ0) is 12.4. The molecule has 92 valence electrons. The molecule has 0 bridgehead atoms. The summed E-state index contributed by atoms with van der Waals surface area (Å²) < 4.78 is 26.5. The molecule has 2 N–H and O–H groups in total. The number of nitrogens with two attached hydrogens (primary N) is 1. The summed E-state index contributed by atoms with van der Waals surface area (Å²) in [5, 5.41) is 0. The van der Waals surface area contributed by atoms with Crippen LogP contribution in [0, 0.1) is 11.6 Å². The summed E-state index contributed by atoms with van der Waals surface area (Å²) in [4.78, 5) is 5.97. The van der Waals surface area contributed by atoms with Crippen molar-refractivity contribution >= 4 is 5.96 Å². The molecule has 0 amide bonds. The van der Waals surface area contributed by atoms with E-state index in [0.717, 1.165) is 19.0 Å². The van der Waals surface area contributed by atoms with Gasteiger partial charge in [-0.25, -0.2) is 8.78 Å². The normalized spacial score (nSPS) is 19.6. The van der Waals surface area contributed by atoms with Crippen molar-refractivity contribution in [2.24, 2.45) is 10.7 Å². The van der Waals surface area contributed by atoms with E-state index in [-0.39, 0.29) is 6.04 Å². The van der Waals surface area contributed by atoms with Crippen molar-refractivity contribution in [2.75, 3.05) is 13.1 Å². The van der Waals surface area contributed by atoms with Crippen LogP contribution >= 0.6 is 0 Å². The number of rotatable bonds is 3. The first-order chi connectivity index (χ1) is 8.13. The molecule has 1 heterocycles. The fourth-order valence-corrected chi connectivity index (χ4v) is 2.08. The van der Waals surface area contributed by atoms with Crippen LogP contribution in [0.5, 0.6) is 0 Å². The molecule has 1 aliphatic heterocycles. The Bertz CT molecular complexity index is 445. The number of guanidine groups is 1. The molecule has 0 spiro atoms. The Morgan fingerprint density at radius 3 is 2.88 bits per heavy atom. The van der Waals surface area contributed by atoms with Crippen molar-refractivity contribution in [2.45, 2.75) is 19.4 Å². The number of hydrogen-bond donors (Lipinski definition) is 1. The summed E-state index contributed by atoms with van der Waals surface area (Å²) in [5.41, 5.74) is 6.20. The quantitative estimate of drug-likeness (QED) is 0.877. The van der Waals surface area contributed by atoms with Gasteiger partial charge in [0.25, 0.3) is 0 Å². The molecule has 1 aromatic rings. The largest absolute Gasteiger partial charge is 0.370 e. The van der Waals surface area contributed by atoms with Crippen LogP contribution in [0.3, 0.4) is 0 Å². The highest BCUT2D eigenvalue weighted by molar-refractivity contribution is 5.80. The molecule has 17 heavy (non-hydrogen) atoms. The third-order valence-corrected chi connectivity index (χ3v) is 2.88. The maximum Gasteiger partial charge on any atom is 0.191 e. The van der Waals surface area contributed by atoms with Gasteiger partial charge in [-0.1, -0.05) is 13.0 Å². The number of hydrogen-bond acceptors (Lipinski definition) is 3. The summed E-state index contributed by atoms with van der Waals surface area (Å²) in [5.74, 6) is -0.679. The Morgan fingerprint density at radius 2 is 2.24 bits per heavy atom. The van der Waals surface area contributed by atoms with E-state index < -0.39 is 11.6 Å². The van der Waals surface area contributed by atoms with Crippen molar-refractivity contribution < 1.29 is 8.78 Å². The van der Waals surface area contributed by atoms with Gasteiger partial charge in [0.15, 0.2) is 5.96 Å². The Labute approximate surface area is 98.9 Å². The van der Waals surface area contributed by atoms with Crippen molar-refractivity contribution in [1.29, 1.82) is 0 Å².